The molecule has 0 aromatic carbocycles. The second-order valence-corrected chi connectivity index (χ2v) is 4.92. The van der Waals surface area contributed by atoms with Gasteiger partial charge < -0.3 is 19.9 Å². The summed E-state index contributed by atoms with van der Waals surface area (Å²) in [6, 6.07) is -1.33. The highest BCUT2D eigenvalue weighted by Crippen LogP contribution is 2.08. The molecule has 0 fully saturated rings. The van der Waals surface area contributed by atoms with E-state index in [1.54, 1.807) is 20.8 Å². The van der Waals surface area contributed by atoms with Crippen molar-refractivity contribution in [1.29, 1.82) is 0 Å². The van der Waals surface area contributed by atoms with Crippen LogP contribution in [0, 0.1) is 0 Å². The van der Waals surface area contributed by atoms with Gasteiger partial charge in [-0.3, -0.25) is 4.79 Å². The zero-order valence-corrected chi connectivity index (χ0v) is 11.5. The second-order valence-electron chi connectivity index (χ2n) is 4.92. The van der Waals surface area contributed by atoms with Crippen LogP contribution < -0.4 is 5.32 Å². The summed E-state index contributed by atoms with van der Waals surface area (Å²) in [5.74, 6) is -2.05. The van der Waals surface area contributed by atoms with Gasteiger partial charge in [-0.2, -0.15) is 0 Å². The Balaban J connectivity index is 4.68. The molecule has 0 bridgehead atoms. The van der Waals surface area contributed by atoms with Gasteiger partial charge in [0.25, 0.3) is 0 Å². The summed E-state index contributed by atoms with van der Waals surface area (Å²) < 4.78 is 9.61. The molecule has 7 nitrogen and oxygen atoms in total. The second kappa shape index (κ2) is 6.77. The van der Waals surface area contributed by atoms with E-state index in [9.17, 15) is 14.4 Å². The van der Waals surface area contributed by atoms with Gasteiger partial charge in [0, 0.05) is 0 Å². The number of allylic oxidation sites excluding steroid dienone is 1. The molecular formula is C12H19NO6. The van der Waals surface area contributed by atoms with Gasteiger partial charge in [0.05, 0.1) is 12.2 Å². The number of esters is 1. The van der Waals surface area contributed by atoms with E-state index in [4.69, 9.17) is 9.84 Å². The number of carboxylic acid groups (broad SMARTS) is 1. The standard InChI is InChI=1S/C12H19NO6/c1-7(2)18-10(16)8(6-9(14)15)13-11(17)19-12(3,4)5/h8H,1,6H2,2-5H3,(H,13,17)(H,14,15). The van der Waals surface area contributed by atoms with Gasteiger partial charge in [0.2, 0.25) is 0 Å². The largest absolute Gasteiger partial charge is 0.481 e. The molecule has 0 rings (SSSR count). The molecule has 0 spiro atoms. The van der Waals surface area contributed by atoms with E-state index in [-0.39, 0.29) is 5.76 Å². The molecule has 1 atom stereocenters. The smallest absolute Gasteiger partial charge is 0.408 e. The summed E-state index contributed by atoms with van der Waals surface area (Å²) in [6.07, 6.45) is -1.50. The van der Waals surface area contributed by atoms with Crippen LogP contribution in [0.3, 0.4) is 0 Å². The first-order chi connectivity index (χ1) is 8.51. The van der Waals surface area contributed by atoms with Crippen LogP contribution in [-0.4, -0.2) is 34.8 Å². The lowest BCUT2D eigenvalue weighted by Crippen LogP contribution is -2.45. The van der Waals surface area contributed by atoms with Crippen molar-refractivity contribution in [3.63, 3.8) is 0 Å². The van der Waals surface area contributed by atoms with E-state index in [1.807, 2.05) is 0 Å². The van der Waals surface area contributed by atoms with Crippen molar-refractivity contribution < 1.29 is 29.0 Å². The molecule has 2 N–H and O–H groups in total. The molecule has 0 aromatic rings. The highest BCUT2D eigenvalue weighted by molar-refractivity contribution is 5.86. The molecule has 1 amide bonds. The molecule has 0 aliphatic heterocycles. The van der Waals surface area contributed by atoms with Crippen LogP contribution in [-0.2, 0) is 19.1 Å². The first kappa shape index (κ1) is 16.9. The molecule has 108 valence electrons. The molecular weight excluding hydrogens is 254 g/mol. The Morgan fingerprint density at radius 3 is 2.21 bits per heavy atom. The predicted molar refractivity (Wildman–Crippen MR) is 66.3 cm³/mol. The lowest BCUT2D eigenvalue weighted by atomic mass is 10.2. The topological polar surface area (TPSA) is 102 Å². The van der Waals surface area contributed by atoms with E-state index >= 15 is 0 Å². The van der Waals surface area contributed by atoms with Gasteiger partial charge in [-0.15, -0.1) is 0 Å². The van der Waals surface area contributed by atoms with Gasteiger partial charge in [-0.25, -0.2) is 9.59 Å². The molecule has 19 heavy (non-hydrogen) atoms. The minimum atomic E-state index is -1.33. The summed E-state index contributed by atoms with van der Waals surface area (Å²) in [5.41, 5.74) is -0.754. The summed E-state index contributed by atoms with van der Waals surface area (Å²) in [5, 5.41) is 10.8. The summed E-state index contributed by atoms with van der Waals surface area (Å²) >= 11 is 0. The maximum Gasteiger partial charge on any atom is 0.408 e. The van der Waals surface area contributed by atoms with E-state index in [2.05, 4.69) is 16.6 Å². The van der Waals surface area contributed by atoms with Gasteiger partial charge in [0.1, 0.15) is 11.6 Å². The van der Waals surface area contributed by atoms with Crippen LogP contribution in [0.25, 0.3) is 0 Å². The van der Waals surface area contributed by atoms with Crippen molar-refractivity contribution in [2.75, 3.05) is 0 Å². The normalized spacial score (nSPS) is 12.2. The van der Waals surface area contributed by atoms with Gasteiger partial charge in [0.15, 0.2) is 0 Å². The van der Waals surface area contributed by atoms with E-state index < -0.39 is 36.1 Å². The number of amides is 1. The zero-order chi connectivity index (χ0) is 15.2. The van der Waals surface area contributed by atoms with Crippen LogP contribution in [0.4, 0.5) is 4.79 Å². The Morgan fingerprint density at radius 1 is 1.32 bits per heavy atom. The van der Waals surface area contributed by atoms with Gasteiger partial charge in [-0.05, 0) is 27.7 Å². The average Bonchev–Trinajstić information content (AvgIpc) is 2.11. The highest BCUT2D eigenvalue weighted by Gasteiger charge is 2.27. The van der Waals surface area contributed by atoms with Crippen molar-refractivity contribution in [3.05, 3.63) is 12.3 Å². The first-order valence-electron chi connectivity index (χ1n) is 5.60. The number of aliphatic carboxylic acids is 1. The fraction of sp³-hybridized carbons (Fsp3) is 0.583. The van der Waals surface area contributed by atoms with Crippen molar-refractivity contribution in [1.82, 2.24) is 5.32 Å². The van der Waals surface area contributed by atoms with Crippen LogP contribution >= 0.6 is 0 Å². The number of hydrogen-bond donors (Lipinski definition) is 2. The maximum absolute atomic E-state index is 11.6. The minimum Gasteiger partial charge on any atom is -0.481 e. The fourth-order valence-electron chi connectivity index (χ4n) is 1.06. The zero-order valence-electron chi connectivity index (χ0n) is 11.5. The van der Waals surface area contributed by atoms with Crippen molar-refractivity contribution in [2.24, 2.45) is 0 Å². The Morgan fingerprint density at radius 2 is 1.84 bits per heavy atom. The Hall–Kier alpha value is -2.05. The van der Waals surface area contributed by atoms with E-state index in [0.717, 1.165) is 0 Å². The van der Waals surface area contributed by atoms with Gasteiger partial charge >= 0.3 is 18.0 Å². The quantitative estimate of drug-likeness (QED) is 0.580. The number of alkyl carbamates (subject to hydrolysis) is 1. The first-order valence-corrected chi connectivity index (χ1v) is 5.60. The Labute approximate surface area is 111 Å². The number of ether oxygens (including phenoxy) is 2. The third-order valence-corrected chi connectivity index (χ3v) is 1.63. The number of carboxylic acids is 1. The molecule has 7 heteroatoms. The lowest BCUT2D eigenvalue weighted by molar-refractivity contribution is -0.147. The van der Waals surface area contributed by atoms with Gasteiger partial charge in [-0.1, -0.05) is 6.58 Å². The van der Waals surface area contributed by atoms with E-state index in [1.165, 1.54) is 6.92 Å². The molecule has 0 saturated carbocycles. The molecule has 0 aliphatic rings. The summed E-state index contributed by atoms with van der Waals surface area (Å²) in [7, 11) is 0. The number of hydrogen-bond acceptors (Lipinski definition) is 5. The number of carbonyl (C=O) groups excluding carboxylic acids is 2. The molecule has 0 heterocycles. The predicted octanol–water partition coefficient (Wildman–Crippen LogP) is 1.43. The third-order valence-electron chi connectivity index (χ3n) is 1.63. The van der Waals surface area contributed by atoms with Crippen molar-refractivity contribution in [2.45, 2.75) is 45.8 Å². The lowest BCUT2D eigenvalue weighted by Gasteiger charge is -2.22. The summed E-state index contributed by atoms with van der Waals surface area (Å²) in [4.78, 5) is 33.7. The summed E-state index contributed by atoms with van der Waals surface area (Å²) in [6.45, 7) is 9.73. The molecule has 0 aliphatic carbocycles. The van der Waals surface area contributed by atoms with E-state index in [0.29, 0.717) is 0 Å². The van der Waals surface area contributed by atoms with Crippen LogP contribution in [0.5, 0.6) is 0 Å². The molecule has 0 radical (unpaired) electrons. The highest BCUT2D eigenvalue weighted by atomic mass is 16.6. The maximum atomic E-state index is 11.6. The number of nitrogens with one attached hydrogen (secondary N) is 1. The van der Waals surface area contributed by atoms with Crippen molar-refractivity contribution in [3.8, 4) is 0 Å². The monoisotopic (exact) mass is 273 g/mol. The Kier molecular flexibility index (Phi) is 6.04. The SMILES string of the molecule is C=C(C)OC(=O)C(CC(=O)O)NC(=O)OC(C)(C)C. The molecule has 0 saturated heterocycles. The minimum absolute atomic E-state index is 0.103. The molecule has 1 unspecified atom stereocenters. The van der Waals surface area contributed by atoms with Crippen molar-refractivity contribution >= 4 is 18.0 Å². The number of carbonyl (C=O) groups is 3. The van der Waals surface area contributed by atoms with Crippen LogP contribution in [0.2, 0.25) is 0 Å². The van der Waals surface area contributed by atoms with Crippen LogP contribution in [0.1, 0.15) is 34.1 Å². The fourth-order valence-corrected chi connectivity index (χ4v) is 1.06. The number of rotatable bonds is 5. The van der Waals surface area contributed by atoms with Crippen LogP contribution in [0.15, 0.2) is 12.3 Å². The molecule has 0 aromatic heterocycles. The average molecular weight is 273 g/mol. The Bertz CT molecular complexity index is 382. The third kappa shape index (κ3) is 8.64.